The van der Waals surface area contributed by atoms with E-state index >= 15 is 0 Å². The largest absolute Gasteiger partial charge is 0.478 e. The summed E-state index contributed by atoms with van der Waals surface area (Å²) in [6.45, 7) is 3.85. The monoisotopic (exact) mass is 280 g/mol. The first-order valence-electron chi connectivity index (χ1n) is 6.16. The fourth-order valence-corrected chi connectivity index (χ4v) is 1.58. The lowest BCUT2D eigenvalue weighted by molar-refractivity contribution is -0.384. The molecule has 7 nitrogen and oxygen atoms in total. The summed E-state index contributed by atoms with van der Waals surface area (Å²) in [5.41, 5.74) is -0.618. The van der Waals surface area contributed by atoms with E-state index in [9.17, 15) is 19.7 Å². The molecule has 108 valence electrons. The Kier molecular flexibility index (Phi) is 5.19. The molecule has 20 heavy (non-hydrogen) atoms. The number of nitro groups is 1. The Morgan fingerprint density at radius 2 is 2.10 bits per heavy atom. The average molecular weight is 280 g/mol. The van der Waals surface area contributed by atoms with Crippen molar-refractivity contribution in [3.63, 3.8) is 0 Å². The zero-order valence-electron chi connectivity index (χ0n) is 11.3. The summed E-state index contributed by atoms with van der Waals surface area (Å²) in [5.74, 6) is -1.41. The molecule has 1 aromatic rings. The number of carboxylic acids is 1. The molecule has 0 aliphatic rings. The van der Waals surface area contributed by atoms with Gasteiger partial charge in [-0.05, 0) is 18.1 Å². The van der Waals surface area contributed by atoms with Crippen molar-refractivity contribution in [1.29, 1.82) is 0 Å². The van der Waals surface area contributed by atoms with Crippen molar-refractivity contribution >= 4 is 23.3 Å². The van der Waals surface area contributed by atoms with Gasteiger partial charge in [0, 0.05) is 12.5 Å². The summed E-state index contributed by atoms with van der Waals surface area (Å²) in [4.78, 5) is 32.7. The lowest BCUT2D eigenvalue weighted by atomic mass is 10.0. The first-order valence-corrected chi connectivity index (χ1v) is 6.16. The smallest absolute Gasteiger partial charge is 0.335 e. The van der Waals surface area contributed by atoms with Gasteiger partial charge in [-0.1, -0.05) is 20.3 Å². The topological polar surface area (TPSA) is 110 Å². The molecule has 0 saturated carbocycles. The van der Waals surface area contributed by atoms with Crippen molar-refractivity contribution in [1.82, 2.24) is 0 Å². The van der Waals surface area contributed by atoms with Crippen molar-refractivity contribution in [2.45, 2.75) is 26.7 Å². The van der Waals surface area contributed by atoms with E-state index in [1.807, 2.05) is 13.8 Å². The number of carbonyl (C=O) groups excluding carboxylic acids is 1. The van der Waals surface area contributed by atoms with E-state index in [4.69, 9.17) is 5.11 Å². The average Bonchev–Trinajstić information content (AvgIpc) is 2.38. The van der Waals surface area contributed by atoms with Gasteiger partial charge >= 0.3 is 5.97 Å². The maximum absolute atomic E-state index is 11.7. The van der Waals surface area contributed by atoms with Crippen LogP contribution in [0.5, 0.6) is 0 Å². The molecule has 1 atom stereocenters. The van der Waals surface area contributed by atoms with Gasteiger partial charge in [0.2, 0.25) is 5.91 Å². The highest BCUT2D eigenvalue weighted by molar-refractivity contribution is 5.95. The number of aromatic carboxylic acids is 1. The predicted octanol–water partition coefficient (Wildman–Crippen LogP) is 2.67. The van der Waals surface area contributed by atoms with Gasteiger partial charge in [-0.25, -0.2) is 4.79 Å². The highest BCUT2D eigenvalue weighted by Crippen LogP contribution is 2.26. The van der Waals surface area contributed by atoms with Crippen LogP contribution in [-0.4, -0.2) is 21.9 Å². The molecule has 1 unspecified atom stereocenters. The Morgan fingerprint density at radius 3 is 2.60 bits per heavy atom. The number of amides is 1. The molecule has 0 fully saturated rings. The second-order valence-electron chi connectivity index (χ2n) is 4.56. The van der Waals surface area contributed by atoms with Gasteiger partial charge in [0.05, 0.1) is 10.5 Å². The summed E-state index contributed by atoms with van der Waals surface area (Å²) >= 11 is 0. The summed E-state index contributed by atoms with van der Waals surface area (Å²) in [6, 6.07) is 3.38. The first-order chi connectivity index (χ1) is 9.35. The van der Waals surface area contributed by atoms with Gasteiger partial charge in [0.25, 0.3) is 5.69 Å². The minimum absolute atomic E-state index is 0.00769. The fraction of sp³-hybridized carbons (Fsp3) is 0.385. The van der Waals surface area contributed by atoms with Gasteiger partial charge in [-0.2, -0.15) is 0 Å². The number of hydrogen-bond acceptors (Lipinski definition) is 4. The highest BCUT2D eigenvalue weighted by atomic mass is 16.6. The van der Waals surface area contributed by atoms with Gasteiger partial charge in [0.1, 0.15) is 5.69 Å². The Labute approximate surface area is 115 Å². The number of carbonyl (C=O) groups is 2. The number of benzene rings is 1. The van der Waals surface area contributed by atoms with Crippen LogP contribution < -0.4 is 5.32 Å². The zero-order valence-corrected chi connectivity index (χ0v) is 11.3. The third-order valence-electron chi connectivity index (χ3n) is 2.95. The van der Waals surface area contributed by atoms with E-state index in [0.717, 1.165) is 12.5 Å². The first kappa shape index (κ1) is 15.6. The van der Waals surface area contributed by atoms with Gasteiger partial charge in [-0.3, -0.25) is 14.9 Å². The molecule has 0 aromatic heterocycles. The molecule has 1 aromatic carbocycles. The molecule has 0 spiro atoms. The van der Waals surface area contributed by atoms with Crippen LogP contribution in [0.2, 0.25) is 0 Å². The number of hydrogen-bond donors (Lipinski definition) is 2. The van der Waals surface area contributed by atoms with Crippen molar-refractivity contribution < 1.29 is 19.6 Å². The van der Waals surface area contributed by atoms with Crippen molar-refractivity contribution in [2.24, 2.45) is 5.92 Å². The Hall–Kier alpha value is -2.44. The number of nitro benzene ring substituents is 1. The Bertz CT molecular complexity index is 542. The van der Waals surface area contributed by atoms with Crippen molar-refractivity contribution in [2.75, 3.05) is 5.32 Å². The second kappa shape index (κ2) is 6.65. The maximum atomic E-state index is 11.7. The van der Waals surface area contributed by atoms with Crippen LogP contribution in [0.3, 0.4) is 0 Å². The van der Waals surface area contributed by atoms with E-state index in [0.29, 0.717) is 0 Å². The predicted molar refractivity (Wildman–Crippen MR) is 72.8 cm³/mol. The van der Waals surface area contributed by atoms with Gasteiger partial charge in [-0.15, -0.1) is 0 Å². The van der Waals surface area contributed by atoms with Crippen LogP contribution in [0.25, 0.3) is 0 Å². The van der Waals surface area contributed by atoms with Crippen LogP contribution in [0.1, 0.15) is 37.0 Å². The summed E-state index contributed by atoms with van der Waals surface area (Å²) < 4.78 is 0. The molecule has 0 radical (unpaired) electrons. The molecular formula is C13H16N2O5. The SMILES string of the molecule is CCC(C)CC(=O)Nc1ccc(C(=O)O)cc1[N+](=O)[O-]. The van der Waals surface area contributed by atoms with Gasteiger partial charge in [0.15, 0.2) is 0 Å². The molecule has 0 heterocycles. The fourth-order valence-electron chi connectivity index (χ4n) is 1.58. The molecule has 0 aliphatic heterocycles. The van der Waals surface area contributed by atoms with Crippen LogP contribution in [0.15, 0.2) is 18.2 Å². The number of anilines is 1. The summed E-state index contributed by atoms with van der Waals surface area (Å²) in [6.07, 6.45) is 1.09. The maximum Gasteiger partial charge on any atom is 0.335 e. The van der Waals surface area contributed by atoms with Crippen LogP contribution in [0, 0.1) is 16.0 Å². The van der Waals surface area contributed by atoms with Gasteiger partial charge < -0.3 is 10.4 Å². The van der Waals surface area contributed by atoms with Crippen LogP contribution >= 0.6 is 0 Å². The summed E-state index contributed by atoms with van der Waals surface area (Å²) in [7, 11) is 0. The van der Waals surface area contributed by atoms with Crippen LogP contribution in [0.4, 0.5) is 11.4 Å². The molecule has 0 aliphatic carbocycles. The molecule has 1 rings (SSSR count). The second-order valence-corrected chi connectivity index (χ2v) is 4.56. The number of nitrogens with one attached hydrogen (secondary N) is 1. The molecule has 7 heteroatoms. The molecule has 0 bridgehead atoms. The lowest BCUT2D eigenvalue weighted by Crippen LogP contribution is -2.16. The number of rotatable bonds is 6. The summed E-state index contributed by atoms with van der Waals surface area (Å²) in [5, 5.41) is 22.2. The third-order valence-corrected chi connectivity index (χ3v) is 2.95. The molecule has 1 amide bonds. The van der Waals surface area contributed by atoms with E-state index < -0.39 is 16.6 Å². The van der Waals surface area contributed by atoms with Crippen LogP contribution in [-0.2, 0) is 4.79 Å². The van der Waals surface area contributed by atoms with Crippen molar-refractivity contribution in [3.8, 4) is 0 Å². The number of nitrogens with zero attached hydrogens (tertiary/aromatic N) is 1. The normalized spacial score (nSPS) is 11.7. The van der Waals surface area contributed by atoms with E-state index in [-0.39, 0.29) is 29.5 Å². The van der Waals surface area contributed by atoms with E-state index in [1.165, 1.54) is 12.1 Å². The zero-order chi connectivity index (χ0) is 15.3. The Balaban J connectivity index is 2.97. The van der Waals surface area contributed by atoms with Crippen molar-refractivity contribution in [3.05, 3.63) is 33.9 Å². The van der Waals surface area contributed by atoms with E-state index in [1.54, 1.807) is 0 Å². The molecule has 0 saturated heterocycles. The number of carboxylic acid groups (broad SMARTS) is 1. The minimum Gasteiger partial charge on any atom is -0.478 e. The van der Waals surface area contributed by atoms with E-state index in [2.05, 4.69) is 5.32 Å². The highest BCUT2D eigenvalue weighted by Gasteiger charge is 2.19. The minimum atomic E-state index is -1.26. The molecule has 2 N–H and O–H groups in total. The third kappa shape index (κ3) is 4.04. The standard InChI is InChI=1S/C13H16N2O5/c1-3-8(2)6-12(16)14-10-5-4-9(13(17)18)7-11(10)15(19)20/h4-5,7-8H,3,6H2,1-2H3,(H,14,16)(H,17,18). The Morgan fingerprint density at radius 1 is 1.45 bits per heavy atom. The lowest BCUT2D eigenvalue weighted by Gasteiger charge is -2.09. The quantitative estimate of drug-likeness (QED) is 0.615. The molecular weight excluding hydrogens is 264 g/mol.